The number of nitrogens with zero attached hydrogens (tertiary/aromatic N) is 2. The highest BCUT2D eigenvalue weighted by Gasteiger charge is 2.56. The van der Waals surface area contributed by atoms with E-state index in [1.807, 2.05) is 42.5 Å². The molecule has 194 valence electrons. The van der Waals surface area contributed by atoms with Crippen LogP contribution in [0.4, 0.5) is 10.1 Å². The Morgan fingerprint density at radius 2 is 1.90 bits per heavy atom. The first-order valence-corrected chi connectivity index (χ1v) is 12.6. The Hall–Kier alpha value is -4.97. The van der Waals surface area contributed by atoms with Gasteiger partial charge in [-0.25, -0.2) is 4.39 Å². The Bertz CT molecular complexity index is 1640. The van der Waals surface area contributed by atoms with E-state index in [4.69, 9.17) is 0 Å². The number of carbonyl (C=O) groups is 3. The Kier molecular flexibility index (Phi) is 5.88. The van der Waals surface area contributed by atoms with Crippen LogP contribution in [0.3, 0.4) is 0 Å². The molecule has 0 radical (unpaired) electrons. The lowest BCUT2D eigenvalue weighted by molar-refractivity contribution is -0.133. The van der Waals surface area contributed by atoms with Crippen molar-refractivity contribution < 1.29 is 18.8 Å². The zero-order valence-corrected chi connectivity index (χ0v) is 20.8. The molecule has 1 aromatic heterocycles. The first kappa shape index (κ1) is 24.4. The summed E-state index contributed by atoms with van der Waals surface area (Å²) in [6, 6.07) is 22.4. The number of nitrogens with one attached hydrogen (secondary N) is 3. The standard InChI is InChI=1S/C30H24FN5O3/c31-20-8-5-6-18(12-20)13-26(34-27(37)25-14-19-7-1-3-10-23(19)33-25)28(38)36-17-30(15-21(36)16-32)22-9-2-4-11-24(22)35-29(30)39/h1-12,14,21,26,33H,13,15,17H2,(H,34,37)(H,35,39)/t21-,26?,30-/m0/s1. The van der Waals surface area contributed by atoms with E-state index in [1.54, 1.807) is 18.2 Å². The highest BCUT2D eigenvalue weighted by Crippen LogP contribution is 2.46. The summed E-state index contributed by atoms with van der Waals surface area (Å²) in [4.78, 5) is 44.9. The van der Waals surface area contributed by atoms with Crippen LogP contribution in [0.15, 0.2) is 78.9 Å². The van der Waals surface area contributed by atoms with Crippen molar-refractivity contribution in [2.45, 2.75) is 30.3 Å². The van der Waals surface area contributed by atoms with Gasteiger partial charge in [0.25, 0.3) is 5.91 Å². The van der Waals surface area contributed by atoms with Crippen LogP contribution in [0, 0.1) is 17.1 Å². The average molecular weight is 522 g/mol. The van der Waals surface area contributed by atoms with Gasteiger partial charge in [-0.1, -0.05) is 48.5 Å². The zero-order chi connectivity index (χ0) is 27.1. The molecule has 3 aromatic carbocycles. The van der Waals surface area contributed by atoms with Gasteiger partial charge < -0.3 is 20.5 Å². The number of hydrogen-bond donors (Lipinski definition) is 3. The third-order valence-corrected chi connectivity index (χ3v) is 7.62. The summed E-state index contributed by atoms with van der Waals surface area (Å²) in [5.41, 5.74) is 1.90. The molecule has 0 aliphatic carbocycles. The lowest BCUT2D eigenvalue weighted by Gasteiger charge is -2.27. The molecule has 6 rings (SSSR count). The van der Waals surface area contributed by atoms with E-state index in [-0.39, 0.29) is 31.0 Å². The van der Waals surface area contributed by atoms with Crippen molar-refractivity contribution in [1.29, 1.82) is 5.26 Å². The number of nitriles is 1. The van der Waals surface area contributed by atoms with Crippen LogP contribution in [0.5, 0.6) is 0 Å². The first-order chi connectivity index (χ1) is 18.9. The molecule has 39 heavy (non-hydrogen) atoms. The van der Waals surface area contributed by atoms with E-state index in [1.165, 1.54) is 23.1 Å². The highest BCUT2D eigenvalue weighted by molar-refractivity contribution is 6.07. The minimum Gasteiger partial charge on any atom is -0.351 e. The summed E-state index contributed by atoms with van der Waals surface area (Å²) in [6.45, 7) is -0.00514. The van der Waals surface area contributed by atoms with Gasteiger partial charge >= 0.3 is 0 Å². The lowest BCUT2D eigenvalue weighted by atomic mass is 9.80. The lowest BCUT2D eigenvalue weighted by Crippen LogP contribution is -2.51. The Balaban J connectivity index is 1.32. The smallest absolute Gasteiger partial charge is 0.268 e. The normalized spacial score (nSPS) is 20.5. The molecule has 0 saturated carbocycles. The number of fused-ring (bicyclic) bond motifs is 3. The minimum atomic E-state index is -1.10. The topological polar surface area (TPSA) is 118 Å². The van der Waals surface area contributed by atoms with E-state index >= 15 is 0 Å². The summed E-state index contributed by atoms with van der Waals surface area (Å²) in [7, 11) is 0. The van der Waals surface area contributed by atoms with E-state index in [0.717, 1.165) is 16.5 Å². The van der Waals surface area contributed by atoms with Crippen LogP contribution in [0.25, 0.3) is 10.9 Å². The molecule has 4 aromatic rings. The van der Waals surface area contributed by atoms with Gasteiger partial charge in [0.05, 0.1) is 11.5 Å². The molecule has 3 atom stereocenters. The number of anilines is 1. The largest absolute Gasteiger partial charge is 0.351 e. The van der Waals surface area contributed by atoms with E-state index in [2.05, 4.69) is 21.7 Å². The van der Waals surface area contributed by atoms with Gasteiger partial charge in [0, 0.05) is 36.0 Å². The third kappa shape index (κ3) is 4.20. The second kappa shape index (κ2) is 9.40. The predicted molar refractivity (Wildman–Crippen MR) is 142 cm³/mol. The summed E-state index contributed by atoms with van der Waals surface area (Å²) in [5.74, 6) is -1.74. The monoisotopic (exact) mass is 521 g/mol. The van der Waals surface area contributed by atoms with Crippen molar-refractivity contribution in [1.82, 2.24) is 15.2 Å². The Morgan fingerprint density at radius 1 is 1.10 bits per heavy atom. The number of aromatic amines is 1. The number of para-hydroxylation sites is 2. The number of carbonyl (C=O) groups excluding carboxylic acids is 3. The molecule has 9 heteroatoms. The molecule has 1 saturated heterocycles. The molecule has 8 nitrogen and oxygen atoms in total. The number of amides is 3. The van der Waals surface area contributed by atoms with Crippen molar-refractivity contribution >= 4 is 34.3 Å². The van der Waals surface area contributed by atoms with Gasteiger partial charge in [-0.15, -0.1) is 0 Å². The molecule has 3 amide bonds. The van der Waals surface area contributed by atoms with Crippen molar-refractivity contribution in [3.8, 4) is 6.07 Å². The van der Waals surface area contributed by atoms with Gasteiger partial charge in [-0.3, -0.25) is 14.4 Å². The van der Waals surface area contributed by atoms with Crippen molar-refractivity contribution in [3.63, 3.8) is 0 Å². The number of halogens is 1. The quantitative estimate of drug-likeness (QED) is 0.371. The molecule has 2 aliphatic heterocycles. The maximum absolute atomic E-state index is 14.0. The zero-order valence-electron chi connectivity index (χ0n) is 20.8. The molecule has 2 aliphatic rings. The SMILES string of the molecule is N#C[C@@H]1C[C@@]2(CN1C(=O)C(Cc1cccc(F)c1)NC(=O)c1cc3ccccc3[nH]1)C(=O)Nc1ccccc12. The van der Waals surface area contributed by atoms with Crippen molar-refractivity contribution in [2.24, 2.45) is 0 Å². The van der Waals surface area contributed by atoms with Crippen LogP contribution < -0.4 is 10.6 Å². The summed E-state index contributed by atoms with van der Waals surface area (Å²) in [5, 5.41) is 16.5. The van der Waals surface area contributed by atoms with Crippen molar-refractivity contribution in [3.05, 3.63) is 102 Å². The fourth-order valence-corrected chi connectivity index (χ4v) is 5.72. The maximum atomic E-state index is 14.0. The molecule has 3 heterocycles. The van der Waals surface area contributed by atoms with E-state index in [9.17, 15) is 24.0 Å². The number of hydrogen-bond acceptors (Lipinski definition) is 4. The number of H-pyrrole nitrogens is 1. The maximum Gasteiger partial charge on any atom is 0.268 e. The Morgan fingerprint density at radius 3 is 2.69 bits per heavy atom. The summed E-state index contributed by atoms with van der Waals surface area (Å²) >= 11 is 0. The van der Waals surface area contributed by atoms with E-state index in [0.29, 0.717) is 11.3 Å². The predicted octanol–water partition coefficient (Wildman–Crippen LogP) is 3.66. The first-order valence-electron chi connectivity index (χ1n) is 12.6. The molecular weight excluding hydrogens is 497 g/mol. The minimum absolute atomic E-state index is 0.00514. The number of aromatic nitrogens is 1. The fourth-order valence-electron chi connectivity index (χ4n) is 5.72. The number of rotatable bonds is 5. The highest BCUT2D eigenvalue weighted by atomic mass is 19.1. The van der Waals surface area contributed by atoms with Crippen molar-refractivity contribution in [2.75, 3.05) is 11.9 Å². The third-order valence-electron chi connectivity index (χ3n) is 7.62. The van der Waals surface area contributed by atoms with E-state index < -0.39 is 35.1 Å². The fraction of sp³-hybridized carbons (Fsp3) is 0.200. The van der Waals surface area contributed by atoms with Gasteiger partial charge in [0.1, 0.15) is 23.6 Å². The number of benzene rings is 3. The van der Waals surface area contributed by atoms with Gasteiger partial charge in [-0.05, 0) is 41.5 Å². The second-order valence-corrected chi connectivity index (χ2v) is 10.0. The molecule has 1 unspecified atom stereocenters. The number of likely N-dealkylation sites (tertiary alicyclic amines) is 1. The molecular formula is C30H24FN5O3. The van der Waals surface area contributed by atoms with Crippen LogP contribution in [0.1, 0.15) is 28.0 Å². The molecule has 0 bridgehead atoms. The Labute approximate surface area is 223 Å². The van der Waals surface area contributed by atoms with Crippen LogP contribution in [0.2, 0.25) is 0 Å². The van der Waals surface area contributed by atoms with Crippen LogP contribution in [-0.4, -0.2) is 46.2 Å². The van der Waals surface area contributed by atoms with Crippen LogP contribution >= 0.6 is 0 Å². The van der Waals surface area contributed by atoms with Gasteiger partial charge in [0.2, 0.25) is 11.8 Å². The molecule has 1 spiro atoms. The van der Waals surface area contributed by atoms with Gasteiger partial charge in [-0.2, -0.15) is 5.26 Å². The van der Waals surface area contributed by atoms with Crippen LogP contribution in [-0.2, 0) is 21.4 Å². The summed E-state index contributed by atoms with van der Waals surface area (Å²) in [6.07, 6.45) is 0.147. The second-order valence-electron chi connectivity index (χ2n) is 10.0. The molecule has 3 N–H and O–H groups in total. The summed E-state index contributed by atoms with van der Waals surface area (Å²) < 4.78 is 14.0. The average Bonchev–Trinajstić information content (AvgIpc) is 3.62. The van der Waals surface area contributed by atoms with Gasteiger partial charge in [0.15, 0.2) is 0 Å². The molecule has 1 fully saturated rings.